The van der Waals surface area contributed by atoms with Crippen LogP contribution in [0.4, 0.5) is 14.4 Å². The molecule has 6 N–H and O–H groups in total. The number of nitrogens with one attached hydrogen (secondary N) is 4. The zero-order valence-corrected chi connectivity index (χ0v) is 19.9. The molecule has 0 aliphatic carbocycles. The van der Waals surface area contributed by atoms with Gasteiger partial charge in [0, 0.05) is 12.6 Å². The van der Waals surface area contributed by atoms with Gasteiger partial charge in [-0.2, -0.15) is 0 Å². The molecule has 0 rings (SSSR count). The molecule has 0 aliphatic heterocycles. The van der Waals surface area contributed by atoms with Crippen LogP contribution in [-0.4, -0.2) is 59.6 Å². The van der Waals surface area contributed by atoms with Crippen molar-refractivity contribution in [3.05, 3.63) is 0 Å². The van der Waals surface area contributed by atoms with E-state index in [0.29, 0.717) is 46.4 Å². The summed E-state index contributed by atoms with van der Waals surface area (Å²) in [6.07, 6.45) is -0.423. The van der Waals surface area contributed by atoms with E-state index < -0.39 is 30.2 Å². The van der Waals surface area contributed by atoms with E-state index >= 15 is 0 Å². The quantitative estimate of drug-likeness (QED) is 0.136. The summed E-state index contributed by atoms with van der Waals surface area (Å²) in [6, 6.07) is -1.13. The first kappa shape index (κ1) is 26.5. The molecule has 0 saturated heterocycles. The van der Waals surface area contributed by atoms with Crippen molar-refractivity contribution in [2.24, 2.45) is 0 Å². The minimum Gasteiger partial charge on any atom is -0.465 e. The van der Waals surface area contributed by atoms with E-state index in [1.807, 2.05) is 0 Å². The Morgan fingerprint density at radius 2 is 1.64 bits per heavy atom. The first-order valence-corrected chi connectivity index (χ1v) is 14.2. The second-order valence-electron chi connectivity index (χ2n) is 5.74. The fourth-order valence-electron chi connectivity index (χ4n) is 2.19. The molecule has 0 aromatic rings. The van der Waals surface area contributed by atoms with Crippen molar-refractivity contribution in [2.75, 3.05) is 13.1 Å². The molecule has 0 saturated carbocycles. The van der Waals surface area contributed by atoms with Crippen LogP contribution < -0.4 is 21.3 Å². The number of carbonyl (C=O) groups excluding carboxylic acids is 2. The number of hydrogen-bond acceptors (Lipinski definition) is 5. The predicted octanol–water partition coefficient (Wildman–Crippen LogP) is 1.39. The van der Waals surface area contributed by atoms with Gasteiger partial charge in [-0.15, -0.1) is 0 Å². The van der Waals surface area contributed by atoms with E-state index in [-0.39, 0.29) is 12.5 Å². The maximum absolute atomic E-state index is 12.2. The smallest absolute Gasteiger partial charge is 0.465 e. The Morgan fingerprint density at radius 1 is 1.00 bits per heavy atom. The van der Waals surface area contributed by atoms with Crippen molar-refractivity contribution >= 4 is 39.9 Å². The summed E-state index contributed by atoms with van der Waals surface area (Å²) in [6.45, 7) is 2.40. The molecule has 0 fully saturated rings. The minimum atomic E-state index is -1.29. The van der Waals surface area contributed by atoms with Gasteiger partial charge in [0.05, 0.1) is 0 Å². The van der Waals surface area contributed by atoms with Gasteiger partial charge in [-0.3, -0.25) is 0 Å². The van der Waals surface area contributed by atoms with Gasteiger partial charge in [-0.1, -0.05) is 0 Å². The minimum absolute atomic E-state index is 0.238. The maximum atomic E-state index is 12.2. The number of carboxylic acid groups (broad SMARTS) is 2. The molecule has 160 valence electrons. The van der Waals surface area contributed by atoms with Gasteiger partial charge in [0.1, 0.15) is 0 Å². The number of amides is 4. The molecular weight excluding hydrogens is 583 g/mol. The van der Waals surface area contributed by atoms with Crippen molar-refractivity contribution in [1.29, 1.82) is 0 Å². The first-order chi connectivity index (χ1) is 13.3. The van der Waals surface area contributed by atoms with Crippen molar-refractivity contribution < 1.29 is 51.9 Å². The molecular formula is C14H25N4O7PSW. The Labute approximate surface area is 177 Å². The number of rotatable bonds is 13. The summed E-state index contributed by atoms with van der Waals surface area (Å²) in [4.78, 5) is 44.8. The van der Waals surface area contributed by atoms with E-state index in [2.05, 4.69) is 21.3 Å². The van der Waals surface area contributed by atoms with E-state index in [1.165, 1.54) is 26.1 Å². The Morgan fingerprint density at radius 3 is 2.25 bits per heavy atom. The molecule has 0 heterocycles. The second kappa shape index (κ2) is 16.4. The van der Waals surface area contributed by atoms with Gasteiger partial charge >= 0.3 is 120 Å². The summed E-state index contributed by atoms with van der Waals surface area (Å²) in [7, 11) is 1.96. The second-order valence-corrected chi connectivity index (χ2v) is 11.9. The average Bonchev–Trinajstić information content (AvgIpc) is 2.61. The van der Waals surface area contributed by atoms with Crippen LogP contribution in [0.15, 0.2) is 0 Å². The zero-order valence-electron chi connectivity index (χ0n) is 15.3. The topological polar surface area (TPSA) is 166 Å². The van der Waals surface area contributed by atoms with Gasteiger partial charge in [0.25, 0.3) is 0 Å². The van der Waals surface area contributed by atoms with Gasteiger partial charge in [-0.25, -0.2) is 9.59 Å². The van der Waals surface area contributed by atoms with Crippen LogP contribution in [-0.2, 0) is 35.4 Å². The van der Waals surface area contributed by atoms with Crippen LogP contribution in [0.2, 0.25) is 0 Å². The van der Waals surface area contributed by atoms with Gasteiger partial charge in [0.2, 0.25) is 0 Å². The Bertz CT molecular complexity index is 592. The number of hydrogen-bond donors (Lipinski definition) is 6. The molecule has 0 spiro atoms. The third kappa shape index (κ3) is 15.5. The fourth-order valence-corrected chi connectivity index (χ4v) is 3.63. The molecule has 0 aromatic carbocycles. The Kier molecular flexibility index (Phi) is 15.6. The summed E-state index contributed by atoms with van der Waals surface area (Å²) >= 11 is 1.24. The SMILES string of the molecule is CC(CCCNC(=O)C(CCCCNC(=O)OP=[S]=[W])NC(=O)O)NC(=O)O. The molecule has 14 heteroatoms. The van der Waals surface area contributed by atoms with Gasteiger partial charge in [-0.05, 0) is 19.8 Å². The molecule has 2 unspecified atom stereocenters. The van der Waals surface area contributed by atoms with Crippen LogP contribution in [0.3, 0.4) is 0 Å². The molecule has 11 nitrogen and oxygen atoms in total. The van der Waals surface area contributed by atoms with Gasteiger partial charge in [0.15, 0.2) is 0 Å². The van der Waals surface area contributed by atoms with E-state index in [1.54, 1.807) is 6.92 Å². The number of carbonyl (C=O) groups is 4. The Hall–Kier alpha value is -1.51. The molecule has 0 aliphatic rings. The van der Waals surface area contributed by atoms with Crippen LogP contribution in [0.5, 0.6) is 0 Å². The third-order valence-electron chi connectivity index (χ3n) is 3.44. The summed E-state index contributed by atoms with van der Waals surface area (Å²) < 4.78 is 4.82. The normalized spacial score (nSPS) is 12.3. The van der Waals surface area contributed by atoms with E-state index in [9.17, 15) is 19.2 Å². The van der Waals surface area contributed by atoms with Crippen LogP contribution in [0.25, 0.3) is 0 Å². The summed E-state index contributed by atoms with van der Waals surface area (Å²) in [5.74, 6) is -0.435. The molecule has 0 radical (unpaired) electrons. The van der Waals surface area contributed by atoms with E-state index in [0.717, 1.165) is 0 Å². The average molecular weight is 608 g/mol. The van der Waals surface area contributed by atoms with Crippen LogP contribution in [0, 0.1) is 0 Å². The monoisotopic (exact) mass is 608 g/mol. The third-order valence-corrected chi connectivity index (χ3v) is 6.11. The van der Waals surface area contributed by atoms with Crippen molar-refractivity contribution in [2.45, 2.75) is 51.1 Å². The fraction of sp³-hybridized carbons (Fsp3) is 0.714. The van der Waals surface area contributed by atoms with Gasteiger partial charge < -0.3 is 15.5 Å². The van der Waals surface area contributed by atoms with Crippen LogP contribution in [0.1, 0.15) is 39.0 Å². The molecule has 2 atom stereocenters. The standard InChI is InChI=1S/C14H25N4O7PS.W/c1-9(17-12(20)21)5-4-8-15-11(19)10(18-13(22)23)6-2-3-7-16-14(24)25-26-27;/h9-10,17-18H,2-8H2,1H3,(H,15,19)(H,16,24)(H,20,21)(H,22,23);. The zero-order chi connectivity index (χ0) is 21.4. The first-order valence-electron chi connectivity index (χ1n) is 8.47. The van der Waals surface area contributed by atoms with Crippen molar-refractivity contribution in [3.63, 3.8) is 0 Å². The summed E-state index contributed by atoms with van der Waals surface area (Å²) in [5.41, 5.74) is 0. The van der Waals surface area contributed by atoms with Crippen molar-refractivity contribution in [3.8, 4) is 0 Å². The number of unbranched alkanes of at least 4 members (excludes halogenated alkanes) is 1. The van der Waals surface area contributed by atoms with Crippen LogP contribution >= 0.6 is 7.58 Å². The predicted molar refractivity (Wildman–Crippen MR) is 100 cm³/mol. The molecule has 28 heavy (non-hydrogen) atoms. The molecule has 0 aromatic heterocycles. The molecule has 0 bridgehead atoms. The van der Waals surface area contributed by atoms with Crippen molar-refractivity contribution in [1.82, 2.24) is 21.3 Å². The van der Waals surface area contributed by atoms with E-state index in [4.69, 9.17) is 14.7 Å². The molecule has 4 amide bonds. The summed E-state index contributed by atoms with van der Waals surface area (Å²) in [5, 5.41) is 27.2. The Balaban J connectivity index is 4.15.